The van der Waals surface area contributed by atoms with E-state index in [9.17, 15) is 9.90 Å². The maximum Gasteiger partial charge on any atom is 0.224 e. The van der Waals surface area contributed by atoms with Crippen molar-refractivity contribution in [3.63, 3.8) is 0 Å². The van der Waals surface area contributed by atoms with E-state index < -0.39 is 0 Å². The predicted octanol–water partition coefficient (Wildman–Crippen LogP) is 3.02. The van der Waals surface area contributed by atoms with Gasteiger partial charge in [0, 0.05) is 6.54 Å². The van der Waals surface area contributed by atoms with E-state index in [-0.39, 0.29) is 11.7 Å². The minimum absolute atomic E-state index is 0.0466. The van der Waals surface area contributed by atoms with Crippen molar-refractivity contribution in [2.45, 2.75) is 45.4 Å². The van der Waals surface area contributed by atoms with Gasteiger partial charge in [0.2, 0.25) is 5.91 Å². The standard InChI is InChI=1S/C16H23NO2/c1-2-16(8-3-4-9-16)12-17-15(19)11-13-6-5-7-14(18)10-13/h5-7,10,18H,2-4,8-9,11-12H2,1H3,(H,17,19). The molecule has 1 aliphatic carbocycles. The first-order valence-electron chi connectivity index (χ1n) is 7.18. The Morgan fingerprint density at radius 2 is 2.11 bits per heavy atom. The molecule has 0 aliphatic heterocycles. The van der Waals surface area contributed by atoms with E-state index in [1.807, 2.05) is 6.07 Å². The highest BCUT2D eigenvalue weighted by atomic mass is 16.3. The third kappa shape index (κ3) is 3.72. The lowest BCUT2D eigenvalue weighted by molar-refractivity contribution is -0.121. The van der Waals surface area contributed by atoms with Crippen LogP contribution in [0.3, 0.4) is 0 Å². The van der Waals surface area contributed by atoms with Gasteiger partial charge >= 0.3 is 0 Å². The molecule has 1 fully saturated rings. The van der Waals surface area contributed by atoms with Crippen LogP contribution in [0.4, 0.5) is 0 Å². The monoisotopic (exact) mass is 261 g/mol. The fourth-order valence-corrected chi connectivity index (χ4v) is 2.98. The van der Waals surface area contributed by atoms with E-state index in [2.05, 4.69) is 12.2 Å². The summed E-state index contributed by atoms with van der Waals surface area (Å²) < 4.78 is 0. The number of carbonyl (C=O) groups is 1. The highest BCUT2D eigenvalue weighted by Crippen LogP contribution is 2.40. The third-order valence-corrected chi connectivity index (χ3v) is 4.35. The van der Waals surface area contributed by atoms with Gasteiger partial charge < -0.3 is 10.4 Å². The molecule has 0 aromatic heterocycles. The van der Waals surface area contributed by atoms with Crippen molar-refractivity contribution in [2.75, 3.05) is 6.54 Å². The number of benzene rings is 1. The van der Waals surface area contributed by atoms with Gasteiger partial charge in [0.15, 0.2) is 0 Å². The average Bonchev–Trinajstić information content (AvgIpc) is 2.86. The number of amides is 1. The van der Waals surface area contributed by atoms with Gasteiger partial charge in [0.1, 0.15) is 5.75 Å². The lowest BCUT2D eigenvalue weighted by atomic mass is 9.83. The van der Waals surface area contributed by atoms with Gasteiger partial charge in [-0.05, 0) is 42.4 Å². The zero-order valence-corrected chi connectivity index (χ0v) is 11.6. The topological polar surface area (TPSA) is 49.3 Å². The van der Waals surface area contributed by atoms with Crippen LogP contribution in [0.2, 0.25) is 0 Å². The molecule has 1 aliphatic rings. The Kier molecular flexibility index (Phi) is 4.46. The van der Waals surface area contributed by atoms with Crippen LogP contribution >= 0.6 is 0 Å². The molecule has 2 N–H and O–H groups in total. The summed E-state index contributed by atoms with van der Waals surface area (Å²) in [7, 11) is 0. The van der Waals surface area contributed by atoms with Gasteiger partial charge in [0.25, 0.3) is 0 Å². The molecular weight excluding hydrogens is 238 g/mol. The molecule has 0 radical (unpaired) electrons. The van der Waals surface area contributed by atoms with Gasteiger partial charge in [-0.15, -0.1) is 0 Å². The van der Waals surface area contributed by atoms with Crippen LogP contribution in [0.5, 0.6) is 5.75 Å². The van der Waals surface area contributed by atoms with Gasteiger partial charge in [-0.25, -0.2) is 0 Å². The molecule has 0 saturated heterocycles. The van der Waals surface area contributed by atoms with E-state index in [4.69, 9.17) is 0 Å². The number of carbonyl (C=O) groups excluding carboxylic acids is 1. The predicted molar refractivity (Wildman–Crippen MR) is 76.0 cm³/mol. The van der Waals surface area contributed by atoms with Crippen molar-refractivity contribution >= 4 is 5.91 Å². The Morgan fingerprint density at radius 1 is 1.37 bits per heavy atom. The fourth-order valence-electron chi connectivity index (χ4n) is 2.98. The van der Waals surface area contributed by atoms with Crippen LogP contribution in [0.25, 0.3) is 0 Å². The second kappa shape index (κ2) is 6.09. The molecule has 3 heteroatoms. The van der Waals surface area contributed by atoms with Crippen LogP contribution < -0.4 is 5.32 Å². The summed E-state index contributed by atoms with van der Waals surface area (Å²) in [5, 5.41) is 12.4. The Morgan fingerprint density at radius 3 is 2.74 bits per heavy atom. The minimum atomic E-state index is 0.0466. The number of hydrogen-bond acceptors (Lipinski definition) is 2. The lowest BCUT2D eigenvalue weighted by Crippen LogP contribution is -2.36. The summed E-state index contributed by atoms with van der Waals surface area (Å²) in [5.74, 6) is 0.261. The Labute approximate surface area is 115 Å². The summed E-state index contributed by atoms with van der Waals surface area (Å²) in [6.07, 6.45) is 6.52. The van der Waals surface area contributed by atoms with Crippen LogP contribution in [-0.4, -0.2) is 17.6 Å². The molecule has 0 bridgehead atoms. The lowest BCUT2D eigenvalue weighted by Gasteiger charge is -2.27. The van der Waals surface area contributed by atoms with Crippen molar-refractivity contribution in [3.8, 4) is 5.75 Å². The molecule has 0 atom stereocenters. The maximum atomic E-state index is 11.9. The first-order valence-corrected chi connectivity index (χ1v) is 7.18. The number of aromatic hydroxyl groups is 1. The molecule has 104 valence electrons. The largest absolute Gasteiger partial charge is 0.508 e. The van der Waals surface area contributed by atoms with E-state index in [0.29, 0.717) is 11.8 Å². The smallest absolute Gasteiger partial charge is 0.224 e. The molecular formula is C16H23NO2. The number of nitrogens with one attached hydrogen (secondary N) is 1. The summed E-state index contributed by atoms with van der Waals surface area (Å²) >= 11 is 0. The molecule has 19 heavy (non-hydrogen) atoms. The van der Waals surface area contributed by atoms with Crippen molar-refractivity contribution in [3.05, 3.63) is 29.8 Å². The quantitative estimate of drug-likeness (QED) is 0.856. The van der Waals surface area contributed by atoms with E-state index in [1.165, 1.54) is 25.7 Å². The SMILES string of the molecule is CCC1(CNC(=O)Cc2cccc(O)c2)CCCC1. The van der Waals surface area contributed by atoms with E-state index in [0.717, 1.165) is 18.5 Å². The summed E-state index contributed by atoms with van der Waals surface area (Å²) in [4.78, 5) is 11.9. The van der Waals surface area contributed by atoms with Gasteiger partial charge in [-0.2, -0.15) is 0 Å². The summed E-state index contributed by atoms with van der Waals surface area (Å²) in [5.41, 5.74) is 1.18. The van der Waals surface area contributed by atoms with Crippen molar-refractivity contribution in [1.82, 2.24) is 5.32 Å². The highest BCUT2D eigenvalue weighted by molar-refractivity contribution is 5.78. The minimum Gasteiger partial charge on any atom is -0.508 e. The number of phenolic OH excluding ortho intramolecular Hbond substituents is 1. The molecule has 2 rings (SSSR count). The molecule has 1 amide bonds. The molecule has 0 heterocycles. The van der Waals surface area contributed by atoms with Crippen molar-refractivity contribution in [2.24, 2.45) is 5.41 Å². The van der Waals surface area contributed by atoms with Crippen LogP contribution in [0.15, 0.2) is 24.3 Å². The normalized spacial score (nSPS) is 17.3. The number of rotatable bonds is 5. The number of hydrogen-bond donors (Lipinski definition) is 2. The third-order valence-electron chi connectivity index (χ3n) is 4.35. The van der Waals surface area contributed by atoms with Crippen LogP contribution in [0, 0.1) is 5.41 Å². The van der Waals surface area contributed by atoms with Gasteiger partial charge in [-0.1, -0.05) is 31.9 Å². The first kappa shape index (κ1) is 13.9. The summed E-state index contributed by atoms with van der Waals surface area (Å²) in [6, 6.07) is 6.89. The number of phenols is 1. The molecule has 1 saturated carbocycles. The van der Waals surface area contributed by atoms with Crippen molar-refractivity contribution < 1.29 is 9.90 Å². The van der Waals surface area contributed by atoms with E-state index >= 15 is 0 Å². The molecule has 3 nitrogen and oxygen atoms in total. The Bertz CT molecular complexity index is 436. The maximum absolute atomic E-state index is 11.9. The molecule has 0 spiro atoms. The fraction of sp³-hybridized carbons (Fsp3) is 0.562. The Hall–Kier alpha value is -1.51. The van der Waals surface area contributed by atoms with E-state index in [1.54, 1.807) is 18.2 Å². The zero-order chi connectivity index (χ0) is 13.7. The molecule has 1 aromatic carbocycles. The zero-order valence-electron chi connectivity index (χ0n) is 11.6. The second-order valence-electron chi connectivity index (χ2n) is 5.68. The van der Waals surface area contributed by atoms with Crippen molar-refractivity contribution in [1.29, 1.82) is 0 Å². The second-order valence-corrected chi connectivity index (χ2v) is 5.68. The Balaban J connectivity index is 1.84. The van der Waals surface area contributed by atoms with Gasteiger partial charge in [0.05, 0.1) is 6.42 Å². The van der Waals surface area contributed by atoms with Crippen LogP contribution in [0.1, 0.15) is 44.6 Å². The highest BCUT2D eigenvalue weighted by Gasteiger charge is 2.32. The first-order chi connectivity index (χ1) is 9.13. The molecule has 0 unspecified atom stereocenters. The summed E-state index contributed by atoms with van der Waals surface area (Å²) in [6.45, 7) is 3.01. The average molecular weight is 261 g/mol. The molecule has 1 aromatic rings. The van der Waals surface area contributed by atoms with Gasteiger partial charge in [-0.3, -0.25) is 4.79 Å². The van der Waals surface area contributed by atoms with Crippen LogP contribution in [-0.2, 0) is 11.2 Å².